The van der Waals surface area contributed by atoms with Crippen molar-refractivity contribution in [3.8, 4) is 0 Å². The van der Waals surface area contributed by atoms with E-state index in [4.69, 9.17) is 4.84 Å². The molecule has 5 rings (SSSR count). The third-order valence-electron chi connectivity index (χ3n) is 12.9. The van der Waals surface area contributed by atoms with Crippen LogP contribution in [0.2, 0.25) is 0 Å². The van der Waals surface area contributed by atoms with Gasteiger partial charge in [0.15, 0.2) is 17.3 Å². The Labute approximate surface area is 416 Å². The van der Waals surface area contributed by atoms with Crippen molar-refractivity contribution >= 4 is 65.2 Å². The van der Waals surface area contributed by atoms with Gasteiger partial charge in [0.1, 0.15) is 12.4 Å². The minimum Gasteiger partial charge on any atom is -0.344 e. The molecule has 1 fully saturated rings. The maximum atomic E-state index is 15.9. The summed E-state index contributed by atoms with van der Waals surface area (Å²) in [4.78, 5) is 42.5. The Bertz CT molecular complexity index is 2950. The molecule has 3 aliphatic rings. The summed E-state index contributed by atoms with van der Waals surface area (Å²) in [5.41, 5.74) is -6.56. The molecule has 3 aliphatic heterocycles. The number of allylic oxidation sites excluding steroid dienone is 6. The van der Waals surface area contributed by atoms with E-state index in [0.717, 1.165) is 10.6 Å². The van der Waals surface area contributed by atoms with E-state index in [9.17, 15) is 75.2 Å². The molecule has 0 radical (unpaired) electrons. The molecule has 2 aromatic rings. The topological polar surface area (TPSA) is 233 Å². The molecule has 0 spiro atoms. The summed E-state index contributed by atoms with van der Waals surface area (Å²) in [7, 11) is -13.4. The lowest BCUT2D eigenvalue weighted by Crippen LogP contribution is -2.32. The van der Waals surface area contributed by atoms with Gasteiger partial charge in [0.2, 0.25) is 11.6 Å². The number of benzene rings is 2. The molecule has 2 amide bonds. The van der Waals surface area contributed by atoms with E-state index in [1.165, 1.54) is 49.1 Å². The number of amides is 2. The van der Waals surface area contributed by atoms with Gasteiger partial charge in [-0.25, -0.2) is 22.4 Å². The van der Waals surface area contributed by atoms with E-state index >= 15 is 13.2 Å². The second kappa shape index (κ2) is 23.2. The Kier molecular flexibility index (Phi) is 18.7. The molecular formula is C46H54F8N3O13S3+. The van der Waals surface area contributed by atoms with E-state index in [2.05, 4.69) is 0 Å². The SMILES string of the molecule is CC1(CCCCS(=O)(=O)O)C(/C=C/C=C/C=C2/N(CCCCS(=O)(=O)O)c3cc(F)cc(C(F)(F)F)c3C2(C)CCCCCC(=O)ON2C(=O)CCC2=O)=[N+](CCCCS(=O)(=O)O)c2c(F)c(F)c(F)c(F)c21. The zero-order valence-electron chi connectivity index (χ0n) is 39.5. The van der Waals surface area contributed by atoms with Gasteiger partial charge in [-0.1, -0.05) is 37.5 Å². The Balaban J connectivity index is 1.58. The van der Waals surface area contributed by atoms with Gasteiger partial charge in [-0.15, -0.1) is 5.06 Å². The van der Waals surface area contributed by atoms with Crippen LogP contribution in [-0.4, -0.2) is 102 Å². The summed E-state index contributed by atoms with van der Waals surface area (Å²) >= 11 is 0. The lowest BCUT2D eigenvalue weighted by molar-refractivity contribution is -0.440. The van der Waals surface area contributed by atoms with Gasteiger partial charge in [-0.3, -0.25) is 23.2 Å². The molecule has 0 saturated carbocycles. The zero-order valence-corrected chi connectivity index (χ0v) is 41.9. The fourth-order valence-corrected chi connectivity index (χ4v) is 11.3. The molecule has 3 N–H and O–H groups in total. The van der Waals surface area contributed by atoms with E-state index in [1.807, 2.05) is 0 Å². The minimum atomic E-state index is -5.11. The number of hydrogen-bond donors (Lipinski definition) is 3. The second-order valence-corrected chi connectivity index (χ2v) is 23.0. The number of alkyl halides is 3. The summed E-state index contributed by atoms with van der Waals surface area (Å²) in [5, 5.41) is 0.372. The summed E-state index contributed by atoms with van der Waals surface area (Å²) in [6, 6.07) is 1.22. The Morgan fingerprint density at radius 3 is 1.84 bits per heavy atom. The minimum absolute atomic E-state index is 0.0345. The molecule has 16 nitrogen and oxygen atoms in total. The number of halogens is 8. The van der Waals surface area contributed by atoms with E-state index in [1.54, 1.807) is 0 Å². The number of rotatable bonds is 25. The third-order valence-corrected chi connectivity index (χ3v) is 15.3. The number of anilines is 1. The monoisotopic (exact) mass is 1100 g/mol. The van der Waals surface area contributed by atoms with Gasteiger partial charge < -0.3 is 9.74 Å². The van der Waals surface area contributed by atoms with Crippen LogP contribution in [0.4, 0.5) is 46.5 Å². The molecule has 0 aromatic heterocycles. The lowest BCUT2D eigenvalue weighted by Gasteiger charge is -2.31. The van der Waals surface area contributed by atoms with Crippen LogP contribution in [0.5, 0.6) is 0 Å². The predicted octanol–water partition coefficient (Wildman–Crippen LogP) is 8.48. The van der Waals surface area contributed by atoms with Crippen molar-refractivity contribution in [3.63, 3.8) is 0 Å². The first-order valence-electron chi connectivity index (χ1n) is 23.0. The molecule has 73 heavy (non-hydrogen) atoms. The van der Waals surface area contributed by atoms with Crippen LogP contribution in [0.25, 0.3) is 0 Å². The largest absolute Gasteiger partial charge is 0.416 e. The molecule has 2 atom stereocenters. The Morgan fingerprint density at radius 2 is 1.25 bits per heavy atom. The molecule has 404 valence electrons. The first kappa shape index (κ1) is 58.8. The van der Waals surface area contributed by atoms with Crippen LogP contribution < -0.4 is 4.90 Å². The number of hydrogen-bond acceptors (Lipinski definition) is 11. The molecular weight excluding hydrogens is 1050 g/mol. The van der Waals surface area contributed by atoms with Crippen molar-refractivity contribution in [2.24, 2.45) is 0 Å². The summed E-state index contributed by atoms with van der Waals surface area (Å²) in [6.45, 7) is 2.24. The summed E-state index contributed by atoms with van der Waals surface area (Å²) in [5.74, 6) is -13.7. The number of nitrogens with zero attached hydrogens (tertiary/aromatic N) is 3. The zero-order chi connectivity index (χ0) is 54.5. The van der Waals surface area contributed by atoms with E-state index in [-0.39, 0.29) is 126 Å². The number of hydroxylamine groups is 2. The Hall–Kier alpha value is -5.09. The molecule has 27 heteroatoms. The van der Waals surface area contributed by atoms with Gasteiger partial charge in [0.25, 0.3) is 47.9 Å². The van der Waals surface area contributed by atoms with Crippen molar-refractivity contribution in [3.05, 3.63) is 94.0 Å². The molecule has 3 heterocycles. The lowest BCUT2D eigenvalue weighted by atomic mass is 9.74. The molecule has 0 aliphatic carbocycles. The molecule has 0 bridgehead atoms. The maximum absolute atomic E-state index is 15.9. The second-order valence-electron chi connectivity index (χ2n) is 18.3. The molecule has 1 saturated heterocycles. The fourth-order valence-electron chi connectivity index (χ4n) is 9.57. The smallest absolute Gasteiger partial charge is 0.344 e. The van der Waals surface area contributed by atoms with Crippen LogP contribution >= 0.6 is 0 Å². The van der Waals surface area contributed by atoms with Gasteiger partial charge in [0, 0.05) is 55.1 Å². The van der Waals surface area contributed by atoms with E-state index < -0.39 is 128 Å². The summed E-state index contributed by atoms with van der Waals surface area (Å²) < 4.78 is 220. The number of unbranched alkanes of at least 4 members (excludes halogenated alkanes) is 5. The van der Waals surface area contributed by atoms with Crippen molar-refractivity contribution in [2.75, 3.05) is 35.2 Å². The third kappa shape index (κ3) is 14.4. The van der Waals surface area contributed by atoms with Gasteiger partial charge >= 0.3 is 12.1 Å². The number of carbonyl (C=O) groups is 3. The number of carbonyl (C=O) groups excluding carboxylic acids is 3. The van der Waals surface area contributed by atoms with Crippen LogP contribution in [0.3, 0.4) is 0 Å². The number of fused-ring (bicyclic) bond motifs is 2. The average Bonchev–Trinajstić information content (AvgIpc) is 3.81. The van der Waals surface area contributed by atoms with Crippen LogP contribution in [-0.2, 0) is 66.6 Å². The quantitative estimate of drug-likeness (QED) is 0.0124. The highest BCUT2D eigenvalue weighted by Crippen LogP contribution is 2.55. The maximum Gasteiger partial charge on any atom is 0.416 e. The molecule has 2 unspecified atom stereocenters. The van der Waals surface area contributed by atoms with Crippen LogP contribution in [0.1, 0.15) is 120 Å². The van der Waals surface area contributed by atoms with Crippen LogP contribution in [0.15, 0.2) is 48.2 Å². The summed E-state index contributed by atoms with van der Waals surface area (Å²) in [6.07, 6.45) is 0.102. The van der Waals surface area contributed by atoms with Crippen LogP contribution in [0, 0.1) is 29.1 Å². The molecule has 2 aromatic carbocycles. The van der Waals surface area contributed by atoms with E-state index in [0.29, 0.717) is 11.1 Å². The highest BCUT2D eigenvalue weighted by molar-refractivity contribution is 7.86. The van der Waals surface area contributed by atoms with Crippen molar-refractivity contribution in [1.82, 2.24) is 5.06 Å². The first-order chi connectivity index (χ1) is 33.8. The number of imide groups is 1. The van der Waals surface area contributed by atoms with Crippen molar-refractivity contribution in [2.45, 2.75) is 121 Å². The highest BCUT2D eigenvalue weighted by Gasteiger charge is 2.53. The van der Waals surface area contributed by atoms with Crippen molar-refractivity contribution in [1.29, 1.82) is 0 Å². The normalized spacial score (nSPS) is 20.2. The van der Waals surface area contributed by atoms with Gasteiger partial charge in [-0.05, 0) is 82.6 Å². The van der Waals surface area contributed by atoms with Gasteiger partial charge in [0.05, 0.1) is 33.8 Å². The van der Waals surface area contributed by atoms with Gasteiger partial charge in [-0.2, -0.15) is 47.4 Å². The first-order valence-corrected chi connectivity index (χ1v) is 27.8. The standard InChI is InChI=1S/C46H53F8N3O13S3/c1-44(20-8-4-7-17-36(60)70-57-34(58)18-19-35(57)59)32(55(22-10-13-25-72(64,65)66)31-28-29(47)27-30(37(31)44)46(52,53)54)15-5-3-6-16-33-45(2,21-9-12-24-71(61,62)63)38-39(48)40(49)41(50)42(51)43(38)56(33)23-11-14-26-73(67,68)69/h3,5-6,15-16,27-28H,4,7-14,17-26H2,1-2H3,(H2-,61,62,63,64,65,66,67,68,69)/p+1. The fraction of sp³-hybridized carbons (Fsp3) is 0.522. The predicted molar refractivity (Wildman–Crippen MR) is 248 cm³/mol. The highest BCUT2D eigenvalue weighted by atomic mass is 32.2. The Morgan fingerprint density at radius 1 is 0.699 bits per heavy atom. The average molecular weight is 1110 g/mol. The van der Waals surface area contributed by atoms with Crippen molar-refractivity contribution < 1.29 is 97.8 Å².